The van der Waals surface area contributed by atoms with Crippen LogP contribution in [0.4, 0.5) is 0 Å². The highest BCUT2D eigenvalue weighted by Crippen LogP contribution is 2.39. The van der Waals surface area contributed by atoms with Crippen molar-refractivity contribution >= 4 is 33.0 Å². The van der Waals surface area contributed by atoms with Crippen molar-refractivity contribution in [2.45, 2.75) is 23.1 Å². The number of aromatic nitrogens is 2. The first-order chi connectivity index (χ1) is 13.5. The summed E-state index contributed by atoms with van der Waals surface area (Å²) in [5.74, 6) is 1.92. The molecule has 2 aliphatic heterocycles. The number of fused-ring (bicyclic) bond motifs is 1. The topological polar surface area (TPSA) is 94.8 Å². The van der Waals surface area contributed by atoms with Crippen molar-refractivity contribution in [1.82, 2.24) is 14.4 Å². The second-order valence-corrected chi connectivity index (χ2v) is 10.2. The highest BCUT2D eigenvalue weighted by molar-refractivity contribution is 7.91. The van der Waals surface area contributed by atoms with Crippen LogP contribution in [0.25, 0.3) is 11.4 Å². The number of rotatable bonds is 4. The van der Waals surface area contributed by atoms with Crippen molar-refractivity contribution in [3.8, 4) is 22.9 Å². The van der Waals surface area contributed by atoms with Crippen molar-refractivity contribution in [2.75, 3.05) is 13.3 Å². The summed E-state index contributed by atoms with van der Waals surface area (Å²) < 4.78 is 44.1. The van der Waals surface area contributed by atoms with E-state index >= 15 is 0 Å². The lowest BCUT2D eigenvalue weighted by Gasteiger charge is -2.20. The molecule has 1 fully saturated rings. The second-order valence-electron chi connectivity index (χ2n) is 6.36. The average molecular weight is 440 g/mol. The van der Waals surface area contributed by atoms with E-state index in [1.807, 2.05) is 0 Å². The molecule has 0 amide bonds. The van der Waals surface area contributed by atoms with Gasteiger partial charge in [0, 0.05) is 12.1 Å². The zero-order valence-corrected chi connectivity index (χ0v) is 16.8. The number of thiophene rings is 1. The average Bonchev–Trinajstić information content (AvgIpc) is 3.45. The summed E-state index contributed by atoms with van der Waals surface area (Å²) in [5.41, 5.74) is 0.705. The van der Waals surface area contributed by atoms with Gasteiger partial charge in [-0.3, -0.25) is 0 Å². The van der Waals surface area contributed by atoms with Gasteiger partial charge in [-0.2, -0.15) is 9.29 Å². The molecule has 0 radical (unpaired) electrons. The number of benzene rings is 1. The molecule has 1 unspecified atom stereocenters. The highest BCUT2D eigenvalue weighted by atomic mass is 35.5. The Morgan fingerprint density at radius 1 is 1.18 bits per heavy atom. The van der Waals surface area contributed by atoms with Crippen LogP contribution in [0.1, 0.15) is 24.8 Å². The van der Waals surface area contributed by atoms with Crippen LogP contribution in [-0.2, 0) is 10.0 Å². The fraction of sp³-hybridized carbons (Fsp3) is 0.294. The Balaban J connectivity index is 1.45. The van der Waals surface area contributed by atoms with Crippen molar-refractivity contribution in [2.24, 2.45) is 0 Å². The fourth-order valence-corrected chi connectivity index (χ4v) is 6.61. The Morgan fingerprint density at radius 2 is 2.04 bits per heavy atom. The minimum Gasteiger partial charge on any atom is -0.454 e. The molecule has 0 aliphatic carbocycles. The number of hydrogen-bond acceptors (Lipinski definition) is 8. The number of hydrogen-bond donors (Lipinski definition) is 0. The van der Waals surface area contributed by atoms with Gasteiger partial charge in [0.05, 0.1) is 4.34 Å². The fourth-order valence-electron chi connectivity index (χ4n) is 3.35. The Kier molecular flexibility index (Phi) is 4.31. The molecule has 28 heavy (non-hydrogen) atoms. The number of ether oxygens (including phenoxy) is 2. The first-order valence-corrected chi connectivity index (χ1v) is 11.2. The van der Waals surface area contributed by atoms with Gasteiger partial charge in [0.25, 0.3) is 10.0 Å². The van der Waals surface area contributed by atoms with Gasteiger partial charge in [0.1, 0.15) is 10.3 Å². The third-order valence-electron chi connectivity index (χ3n) is 4.67. The van der Waals surface area contributed by atoms with E-state index in [2.05, 4.69) is 10.1 Å². The monoisotopic (exact) mass is 439 g/mol. The molecular formula is C17H14ClN3O5S2. The summed E-state index contributed by atoms with van der Waals surface area (Å²) in [5, 5.41) is 4.03. The van der Waals surface area contributed by atoms with E-state index in [9.17, 15) is 8.42 Å². The highest BCUT2D eigenvalue weighted by Gasteiger charge is 2.40. The Bertz CT molecular complexity index is 1140. The summed E-state index contributed by atoms with van der Waals surface area (Å²) in [7, 11) is -3.68. The van der Waals surface area contributed by atoms with Gasteiger partial charge in [-0.05, 0) is 43.2 Å². The van der Waals surface area contributed by atoms with Crippen molar-refractivity contribution in [1.29, 1.82) is 0 Å². The summed E-state index contributed by atoms with van der Waals surface area (Å²) in [6.07, 6.45) is 1.33. The third-order valence-corrected chi connectivity index (χ3v) is 8.28. The Labute approximate surface area is 169 Å². The number of nitrogens with zero attached hydrogens (tertiary/aromatic N) is 3. The van der Waals surface area contributed by atoms with Crippen LogP contribution < -0.4 is 9.47 Å². The molecule has 11 heteroatoms. The van der Waals surface area contributed by atoms with Gasteiger partial charge in [-0.15, -0.1) is 11.3 Å². The maximum Gasteiger partial charge on any atom is 0.253 e. The van der Waals surface area contributed by atoms with Crippen LogP contribution >= 0.6 is 22.9 Å². The molecule has 1 saturated heterocycles. The smallest absolute Gasteiger partial charge is 0.253 e. The quantitative estimate of drug-likeness (QED) is 0.611. The third kappa shape index (κ3) is 2.96. The van der Waals surface area contributed by atoms with Crippen LogP contribution in [-0.4, -0.2) is 36.2 Å². The van der Waals surface area contributed by atoms with Gasteiger partial charge in [0.2, 0.25) is 18.5 Å². The molecule has 1 aromatic carbocycles. The zero-order valence-electron chi connectivity index (χ0n) is 14.4. The van der Waals surface area contributed by atoms with Gasteiger partial charge in [-0.1, -0.05) is 16.8 Å². The van der Waals surface area contributed by atoms with E-state index < -0.39 is 16.1 Å². The van der Waals surface area contributed by atoms with E-state index in [0.717, 1.165) is 11.3 Å². The predicted octanol–water partition coefficient (Wildman–Crippen LogP) is 3.71. The largest absolute Gasteiger partial charge is 0.454 e. The molecular weight excluding hydrogens is 426 g/mol. The van der Waals surface area contributed by atoms with Crippen LogP contribution in [0.3, 0.4) is 0 Å². The molecule has 5 rings (SSSR count). The summed E-state index contributed by atoms with van der Waals surface area (Å²) in [6.45, 7) is 0.572. The van der Waals surface area contributed by atoms with Crippen LogP contribution in [0, 0.1) is 0 Å². The standard InChI is InChI=1S/C17H14ClN3O5S2/c18-14-5-6-15(27-14)28(22,23)21-7-1-2-11(21)17-19-16(20-26-17)10-3-4-12-13(8-10)25-9-24-12/h3-6,8,11H,1-2,7,9H2. The Morgan fingerprint density at radius 3 is 2.86 bits per heavy atom. The normalized spacial score (nSPS) is 19.4. The lowest BCUT2D eigenvalue weighted by molar-refractivity contribution is 0.174. The van der Waals surface area contributed by atoms with Gasteiger partial charge < -0.3 is 14.0 Å². The molecule has 146 valence electrons. The maximum absolute atomic E-state index is 13.0. The minimum absolute atomic E-state index is 0.178. The first kappa shape index (κ1) is 17.9. The Hall–Kier alpha value is -2.14. The van der Waals surface area contributed by atoms with Gasteiger partial charge in [-0.25, -0.2) is 8.42 Å². The predicted molar refractivity (Wildman–Crippen MR) is 101 cm³/mol. The first-order valence-electron chi connectivity index (χ1n) is 8.53. The molecule has 8 nitrogen and oxygen atoms in total. The molecule has 4 heterocycles. The van der Waals surface area contributed by atoms with Crippen LogP contribution in [0.2, 0.25) is 4.34 Å². The molecule has 3 aromatic rings. The van der Waals surface area contributed by atoms with Crippen molar-refractivity contribution in [3.05, 3.63) is 40.6 Å². The van der Waals surface area contributed by atoms with E-state index in [4.69, 9.17) is 25.6 Å². The van der Waals surface area contributed by atoms with Gasteiger partial charge in [0.15, 0.2) is 11.5 Å². The van der Waals surface area contributed by atoms with Crippen LogP contribution in [0.15, 0.2) is 39.1 Å². The summed E-state index contributed by atoms with van der Waals surface area (Å²) in [4.78, 5) is 4.45. The van der Waals surface area contributed by atoms with E-state index in [1.54, 1.807) is 24.3 Å². The maximum atomic E-state index is 13.0. The van der Waals surface area contributed by atoms with E-state index in [1.165, 1.54) is 10.4 Å². The molecule has 1 atom stereocenters. The minimum atomic E-state index is -3.68. The van der Waals surface area contributed by atoms with E-state index in [-0.39, 0.29) is 16.9 Å². The molecule has 2 aromatic heterocycles. The lowest BCUT2D eigenvalue weighted by Crippen LogP contribution is -2.30. The van der Waals surface area contributed by atoms with Crippen molar-refractivity contribution in [3.63, 3.8) is 0 Å². The number of halogens is 1. The summed E-state index contributed by atoms with van der Waals surface area (Å²) >= 11 is 6.95. The zero-order chi connectivity index (χ0) is 19.3. The second kappa shape index (κ2) is 6.73. The molecule has 2 aliphatic rings. The molecule has 0 N–H and O–H groups in total. The summed E-state index contributed by atoms with van der Waals surface area (Å²) in [6, 6.07) is 7.95. The van der Waals surface area contributed by atoms with Gasteiger partial charge >= 0.3 is 0 Å². The molecule has 0 saturated carbocycles. The number of sulfonamides is 1. The van der Waals surface area contributed by atoms with Crippen LogP contribution in [0.5, 0.6) is 11.5 Å². The van der Waals surface area contributed by atoms with Crippen molar-refractivity contribution < 1.29 is 22.4 Å². The van der Waals surface area contributed by atoms with E-state index in [0.29, 0.717) is 46.6 Å². The lowest BCUT2D eigenvalue weighted by atomic mass is 10.2. The molecule has 0 spiro atoms. The molecule has 0 bridgehead atoms. The SMILES string of the molecule is O=S(=O)(c1ccc(Cl)s1)N1CCCC1c1nc(-c2ccc3c(c2)OCO3)no1.